The molecule has 0 bridgehead atoms. The van der Waals surface area contributed by atoms with Gasteiger partial charge in [0.2, 0.25) is 0 Å². The van der Waals surface area contributed by atoms with Crippen molar-refractivity contribution in [3.8, 4) is 0 Å². The molecule has 6 nitrogen and oxygen atoms in total. The van der Waals surface area contributed by atoms with Gasteiger partial charge in [-0.3, -0.25) is 5.10 Å². The zero-order valence-electron chi connectivity index (χ0n) is 8.64. The van der Waals surface area contributed by atoms with E-state index in [1.807, 2.05) is 0 Å². The largest absolute Gasteiger partial charge is 0.478 e. The van der Waals surface area contributed by atoms with Crippen LogP contribution in [0.25, 0.3) is 21.8 Å². The number of fused-ring (bicyclic) bond motifs is 3. The summed E-state index contributed by atoms with van der Waals surface area (Å²) in [5, 5.41) is 17.0. The van der Waals surface area contributed by atoms with Gasteiger partial charge in [-0.1, -0.05) is 0 Å². The van der Waals surface area contributed by atoms with Crippen LogP contribution in [0.3, 0.4) is 0 Å². The first-order valence-electron chi connectivity index (χ1n) is 4.92. The first kappa shape index (κ1) is 9.59. The molecule has 0 radical (unpaired) electrons. The number of benzene rings is 1. The molecule has 0 aliphatic rings. The van der Waals surface area contributed by atoms with Gasteiger partial charge >= 0.3 is 5.97 Å². The molecule has 0 amide bonds. The van der Waals surface area contributed by atoms with Crippen molar-refractivity contribution in [2.75, 3.05) is 5.73 Å². The molecule has 0 atom stereocenters. The van der Waals surface area contributed by atoms with Gasteiger partial charge in [-0.25, -0.2) is 9.78 Å². The third-order valence-electron chi connectivity index (χ3n) is 2.67. The van der Waals surface area contributed by atoms with Crippen molar-refractivity contribution < 1.29 is 9.90 Å². The average molecular weight is 228 g/mol. The number of nitrogens with one attached hydrogen (secondary N) is 1. The lowest BCUT2D eigenvalue weighted by molar-refractivity contribution is 0.0697. The van der Waals surface area contributed by atoms with E-state index in [1.165, 1.54) is 6.07 Å². The highest BCUT2D eigenvalue weighted by Gasteiger charge is 2.10. The normalized spacial score (nSPS) is 11.1. The molecule has 0 aliphatic carbocycles. The number of aromatic amines is 1. The Balaban J connectivity index is 2.48. The van der Waals surface area contributed by atoms with E-state index in [0.29, 0.717) is 27.6 Å². The fraction of sp³-hybridized carbons (Fsp3) is 0. The number of rotatable bonds is 1. The van der Waals surface area contributed by atoms with Gasteiger partial charge in [-0.15, -0.1) is 0 Å². The third-order valence-corrected chi connectivity index (χ3v) is 2.67. The van der Waals surface area contributed by atoms with Gasteiger partial charge in [0.25, 0.3) is 0 Å². The van der Waals surface area contributed by atoms with E-state index < -0.39 is 5.97 Å². The van der Waals surface area contributed by atoms with Gasteiger partial charge in [0, 0.05) is 5.39 Å². The summed E-state index contributed by atoms with van der Waals surface area (Å²) in [4.78, 5) is 15.1. The number of pyridine rings is 1. The highest BCUT2D eigenvalue weighted by molar-refractivity contribution is 6.09. The summed E-state index contributed by atoms with van der Waals surface area (Å²) in [6, 6.07) is 4.69. The number of anilines is 1. The fourth-order valence-corrected chi connectivity index (χ4v) is 1.84. The van der Waals surface area contributed by atoms with Crippen molar-refractivity contribution >= 4 is 33.6 Å². The molecule has 0 aliphatic heterocycles. The van der Waals surface area contributed by atoms with E-state index in [1.54, 1.807) is 18.3 Å². The third kappa shape index (κ3) is 1.31. The SMILES string of the molecule is Nc1nc2ccc(C(=O)O)cc2c2[nH]ncc12. The number of nitrogens with two attached hydrogens (primary N) is 1. The van der Waals surface area contributed by atoms with Crippen molar-refractivity contribution in [2.24, 2.45) is 0 Å². The lowest BCUT2D eigenvalue weighted by atomic mass is 10.1. The monoisotopic (exact) mass is 228 g/mol. The van der Waals surface area contributed by atoms with Gasteiger partial charge in [-0.2, -0.15) is 5.10 Å². The Morgan fingerprint density at radius 3 is 2.94 bits per heavy atom. The Hall–Kier alpha value is -2.63. The molecule has 0 spiro atoms. The maximum Gasteiger partial charge on any atom is 0.335 e. The number of H-pyrrole nitrogens is 1. The molecule has 17 heavy (non-hydrogen) atoms. The molecule has 6 heteroatoms. The van der Waals surface area contributed by atoms with Crippen LogP contribution in [0.15, 0.2) is 24.4 Å². The number of hydrogen-bond donors (Lipinski definition) is 3. The molecule has 4 N–H and O–H groups in total. The quantitative estimate of drug-likeness (QED) is 0.583. The Kier molecular flexibility index (Phi) is 1.79. The topological polar surface area (TPSA) is 105 Å². The number of carbonyl (C=O) groups is 1. The molecule has 1 aromatic carbocycles. The van der Waals surface area contributed by atoms with Crippen LogP contribution in [0.4, 0.5) is 5.82 Å². The van der Waals surface area contributed by atoms with E-state index in [2.05, 4.69) is 15.2 Å². The van der Waals surface area contributed by atoms with Gasteiger partial charge < -0.3 is 10.8 Å². The Morgan fingerprint density at radius 1 is 1.35 bits per heavy atom. The Morgan fingerprint density at radius 2 is 2.18 bits per heavy atom. The van der Waals surface area contributed by atoms with Crippen LogP contribution in [0.5, 0.6) is 0 Å². The fourth-order valence-electron chi connectivity index (χ4n) is 1.84. The summed E-state index contributed by atoms with van der Waals surface area (Å²) >= 11 is 0. The van der Waals surface area contributed by atoms with Gasteiger partial charge in [0.1, 0.15) is 5.82 Å². The molecular formula is C11H8N4O2. The number of nitrogen functional groups attached to an aromatic ring is 1. The van der Waals surface area contributed by atoms with Crippen molar-refractivity contribution in [2.45, 2.75) is 0 Å². The zero-order valence-corrected chi connectivity index (χ0v) is 8.64. The van der Waals surface area contributed by atoms with Crippen LogP contribution in [0.2, 0.25) is 0 Å². The Labute approximate surface area is 95.1 Å². The average Bonchev–Trinajstić information content (AvgIpc) is 2.78. The lowest BCUT2D eigenvalue weighted by Gasteiger charge is -2.02. The molecule has 2 heterocycles. The second-order valence-corrected chi connectivity index (χ2v) is 3.69. The number of nitrogens with zero attached hydrogens (tertiary/aromatic N) is 2. The molecule has 84 valence electrons. The molecule has 3 rings (SSSR count). The minimum Gasteiger partial charge on any atom is -0.478 e. The summed E-state index contributed by atoms with van der Waals surface area (Å²) in [7, 11) is 0. The number of carboxylic acids is 1. The Bertz CT molecular complexity index is 748. The minimum absolute atomic E-state index is 0.208. The first-order chi connectivity index (χ1) is 8.16. The van der Waals surface area contributed by atoms with E-state index in [9.17, 15) is 4.79 Å². The van der Waals surface area contributed by atoms with Gasteiger partial charge in [0.05, 0.1) is 28.2 Å². The number of aromatic nitrogens is 3. The second kappa shape index (κ2) is 3.18. The van der Waals surface area contributed by atoms with Crippen molar-refractivity contribution in [1.82, 2.24) is 15.2 Å². The maximum absolute atomic E-state index is 10.9. The molecule has 0 saturated carbocycles. The molecule has 0 saturated heterocycles. The van der Waals surface area contributed by atoms with Crippen LogP contribution in [0.1, 0.15) is 10.4 Å². The standard InChI is InChI=1S/C11H8N4O2/c12-10-7-4-13-15-9(7)6-3-5(11(16)17)1-2-8(6)14-10/h1-4H,(H2,12,14)(H,13,15)(H,16,17). The van der Waals surface area contributed by atoms with Crippen LogP contribution in [-0.4, -0.2) is 26.3 Å². The molecular weight excluding hydrogens is 220 g/mol. The maximum atomic E-state index is 10.9. The van der Waals surface area contributed by atoms with Crippen LogP contribution < -0.4 is 5.73 Å². The van der Waals surface area contributed by atoms with Crippen LogP contribution in [-0.2, 0) is 0 Å². The molecule has 2 aromatic heterocycles. The number of hydrogen-bond acceptors (Lipinski definition) is 4. The summed E-state index contributed by atoms with van der Waals surface area (Å²) in [5.41, 5.74) is 7.33. The molecule has 0 unspecified atom stereocenters. The van der Waals surface area contributed by atoms with Gasteiger partial charge in [0.15, 0.2) is 0 Å². The van der Waals surface area contributed by atoms with Crippen LogP contribution in [0, 0.1) is 0 Å². The van der Waals surface area contributed by atoms with E-state index in [-0.39, 0.29) is 5.56 Å². The number of aromatic carboxylic acids is 1. The summed E-state index contributed by atoms with van der Waals surface area (Å²) in [6.45, 7) is 0. The predicted octanol–water partition coefficient (Wildman–Crippen LogP) is 1.39. The first-order valence-corrected chi connectivity index (χ1v) is 4.92. The van der Waals surface area contributed by atoms with E-state index >= 15 is 0 Å². The van der Waals surface area contributed by atoms with Gasteiger partial charge in [-0.05, 0) is 18.2 Å². The van der Waals surface area contributed by atoms with Crippen molar-refractivity contribution in [1.29, 1.82) is 0 Å². The highest BCUT2D eigenvalue weighted by atomic mass is 16.4. The van der Waals surface area contributed by atoms with E-state index in [0.717, 1.165) is 0 Å². The lowest BCUT2D eigenvalue weighted by Crippen LogP contribution is -1.97. The van der Waals surface area contributed by atoms with Crippen molar-refractivity contribution in [3.63, 3.8) is 0 Å². The summed E-state index contributed by atoms with van der Waals surface area (Å²) in [5.74, 6) is -0.597. The summed E-state index contributed by atoms with van der Waals surface area (Å²) < 4.78 is 0. The second-order valence-electron chi connectivity index (χ2n) is 3.69. The van der Waals surface area contributed by atoms with Crippen LogP contribution >= 0.6 is 0 Å². The predicted molar refractivity (Wildman–Crippen MR) is 62.8 cm³/mol. The van der Waals surface area contributed by atoms with E-state index in [4.69, 9.17) is 10.8 Å². The summed E-state index contributed by atoms with van der Waals surface area (Å²) in [6.07, 6.45) is 1.57. The smallest absolute Gasteiger partial charge is 0.335 e. The molecule has 3 aromatic rings. The van der Waals surface area contributed by atoms with Crippen molar-refractivity contribution in [3.05, 3.63) is 30.0 Å². The minimum atomic E-state index is -0.976. The highest BCUT2D eigenvalue weighted by Crippen LogP contribution is 2.26. The number of carboxylic acid groups (broad SMARTS) is 1. The zero-order chi connectivity index (χ0) is 12.0. The molecule has 0 fully saturated rings.